The summed E-state index contributed by atoms with van der Waals surface area (Å²) in [5.41, 5.74) is -2.23. The Kier molecular flexibility index (Phi) is 5.00. The van der Waals surface area contributed by atoms with Crippen LogP contribution in [0.1, 0.15) is 79.0 Å². The highest BCUT2D eigenvalue weighted by Gasteiger charge is 2.34. The highest BCUT2D eigenvalue weighted by molar-refractivity contribution is 5.51. The van der Waals surface area contributed by atoms with E-state index in [0.29, 0.717) is 22.4 Å². The standard InChI is InChI=1S/C19H32O4/c1-16(2,3)23-15-13(18(6,7)21)10-12(17(4,5)20)11-14(15)19(8,9)22/h10-11,20-22H,1-9H3. The molecule has 0 aromatic heterocycles. The summed E-state index contributed by atoms with van der Waals surface area (Å²) in [6.07, 6.45) is 0. The van der Waals surface area contributed by atoms with Crippen molar-refractivity contribution < 1.29 is 20.1 Å². The van der Waals surface area contributed by atoms with E-state index < -0.39 is 22.4 Å². The van der Waals surface area contributed by atoms with Crippen LogP contribution in [0.3, 0.4) is 0 Å². The molecule has 132 valence electrons. The lowest BCUT2D eigenvalue weighted by molar-refractivity contribution is 0.0484. The molecule has 0 bridgehead atoms. The summed E-state index contributed by atoms with van der Waals surface area (Å²) in [6, 6.07) is 3.49. The van der Waals surface area contributed by atoms with Crippen molar-refractivity contribution in [2.24, 2.45) is 0 Å². The number of aliphatic hydroxyl groups is 3. The average Bonchev–Trinajstić information content (AvgIpc) is 2.21. The van der Waals surface area contributed by atoms with Gasteiger partial charge in [-0.2, -0.15) is 0 Å². The van der Waals surface area contributed by atoms with Gasteiger partial charge in [0.15, 0.2) is 0 Å². The van der Waals surface area contributed by atoms with Gasteiger partial charge in [-0.3, -0.25) is 0 Å². The second kappa shape index (κ2) is 5.76. The number of ether oxygens (including phenoxy) is 1. The van der Waals surface area contributed by atoms with Crippen LogP contribution in [0.15, 0.2) is 12.1 Å². The third-order valence-corrected chi connectivity index (χ3v) is 3.52. The van der Waals surface area contributed by atoms with Crippen LogP contribution < -0.4 is 4.74 Å². The van der Waals surface area contributed by atoms with Crippen molar-refractivity contribution in [3.63, 3.8) is 0 Å². The third kappa shape index (κ3) is 5.20. The number of benzene rings is 1. The molecule has 4 heteroatoms. The highest BCUT2D eigenvalue weighted by Crippen LogP contribution is 2.42. The quantitative estimate of drug-likeness (QED) is 0.792. The minimum absolute atomic E-state index is 0.463. The van der Waals surface area contributed by atoms with E-state index in [0.717, 1.165) is 0 Å². The Morgan fingerprint density at radius 3 is 1.22 bits per heavy atom. The molecule has 1 aromatic rings. The van der Waals surface area contributed by atoms with Crippen molar-refractivity contribution in [1.29, 1.82) is 0 Å². The molecule has 0 saturated carbocycles. The van der Waals surface area contributed by atoms with Crippen molar-refractivity contribution in [3.8, 4) is 5.75 Å². The first kappa shape index (κ1) is 19.9. The Morgan fingerprint density at radius 2 is 1.00 bits per heavy atom. The van der Waals surface area contributed by atoms with Crippen LogP contribution in [0.5, 0.6) is 5.75 Å². The van der Waals surface area contributed by atoms with Gasteiger partial charge in [0.05, 0.1) is 16.8 Å². The van der Waals surface area contributed by atoms with Crippen LogP contribution in [0.25, 0.3) is 0 Å². The minimum Gasteiger partial charge on any atom is -0.487 e. The molecule has 1 rings (SSSR count). The van der Waals surface area contributed by atoms with Gasteiger partial charge in [-0.1, -0.05) is 0 Å². The molecule has 4 nitrogen and oxygen atoms in total. The van der Waals surface area contributed by atoms with Crippen molar-refractivity contribution in [1.82, 2.24) is 0 Å². The van der Waals surface area contributed by atoms with E-state index in [4.69, 9.17) is 4.74 Å². The molecule has 1 aromatic carbocycles. The lowest BCUT2D eigenvalue weighted by atomic mass is 9.83. The van der Waals surface area contributed by atoms with E-state index in [-0.39, 0.29) is 0 Å². The van der Waals surface area contributed by atoms with Crippen molar-refractivity contribution in [3.05, 3.63) is 28.8 Å². The Balaban J connectivity index is 3.82. The van der Waals surface area contributed by atoms with Gasteiger partial charge in [0.25, 0.3) is 0 Å². The van der Waals surface area contributed by atoms with Gasteiger partial charge in [-0.25, -0.2) is 0 Å². The summed E-state index contributed by atoms with van der Waals surface area (Å²) in [5.74, 6) is 0.463. The van der Waals surface area contributed by atoms with Gasteiger partial charge in [0, 0.05) is 11.1 Å². The normalized spacial score (nSPS) is 14.1. The molecule has 0 fully saturated rings. The Labute approximate surface area is 140 Å². The van der Waals surface area contributed by atoms with Gasteiger partial charge < -0.3 is 20.1 Å². The van der Waals surface area contributed by atoms with Crippen LogP contribution in [0.4, 0.5) is 0 Å². The maximum Gasteiger partial charge on any atom is 0.132 e. The Bertz CT molecular complexity index is 526. The number of hydrogen-bond acceptors (Lipinski definition) is 4. The summed E-state index contributed by atoms with van der Waals surface area (Å²) < 4.78 is 6.08. The molecule has 0 aliphatic rings. The van der Waals surface area contributed by atoms with Crippen LogP contribution in [-0.4, -0.2) is 20.9 Å². The van der Waals surface area contributed by atoms with Gasteiger partial charge in [-0.15, -0.1) is 0 Å². The number of rotatable bonds is 4. The molecular formula is C19H32O4. The van der Waals surface area contributed by atoms with E-state index in [1.807, 2.05) is 20.8 Å². The Hall–Kier alpha value is -1.10. The third-order valence-electron chi connectivity index (χ3n) is 3.52. The molecule has 3 N–H and O–H groups in total. The van der Waals surface area contributed by atoms with E-state index >= 15 is 0 Å². The van der Waals surface area contributed by atoms with Crippen LogP contribution in [0, 0.1) is 0 Å². The SMILES string of the molecule is CC(C)(C)Oc1c(C(C)(C)O)cc(C(C)(C)O)cc1C(C)(C)O. The molecule has 0 unspecified atom stereocenters. The summed E-state index contributed by atoms with van der Waals surface area (Å²) in [4.78, 5) is 0. The molecule has 0 spiro atoms. The molecule has 0 heterocycles. The zero-order chi connectivity index (χ0) is 18.4. The van der Waals surface area contributed by atoms with Crippen molar-refractivity contribution in [2.45, 2.75) is 84.7 Å². The summed E-state index contributed by atoms with van der Waals surface area (Å²) in [5, 5.41) is 31.6. The van der Waals surface area contributed by atoms with Gasteiger partial charge in [0.2, 0.25) is 0 Å². The van der Waals surface area contributed by atoms with E-state index in [2.05, 4.69) is 0 Å². The fraction of sp³-hybridized carbons (Fsp3) is 0.684. The van der Waals surface area contributed by atoms with Crippen molar-refractivity contribution >= 4 is 0 Å². The topological polar surface area (TPSA) is 69.9 Å². The minimum atomic E-state index is -1.18. The summed E-state index contributed by atoms with van der Waals surface area (Å²) in [7, 11) is 0. The largest absolute Gasteiger partial charge is 0.487 e. The van der Waals surface area contributed by atoms with E-state index in [1.165, 1.54) is 0 Å². The molecule has 0 amide bonds. The van der Waals surface area contributed by atoms with E-state index in [1.54, 1.807) is 53.7 Å². The molecule has 0 atom stereocenters. The van der Waals surface area contributed by atoms with Crippen LogP contribution in [-0.2, 0) is 16.8 Å². The lowest BCUT2D eigenvalue weighted by Crippen LogP contribution is -2.31. The second-order valence-electron chi connectivity index (χ2n) is 8.79. The van der Waals surface area contributed by atoms with Gasteiger partial charge >= 0.3 is 0 Å². The maximum absolute atomic E-state index is 10.6. The lowest BCUT2D eigenvalue weighted by Gasteiger charge is -2.34. The van der Waals surface area contributed by atoms with E-state index in [9.17, 15) is 15.3 Å². The maximum atomic E-state index is 10.6. The average molecular weight is 324 g/mol. The fourth-order valence-corrected chi connectivity index (χ4v) is 2.31. The monoisotopic (exact) mass is 324 g/mol. The highest BCUT2D eigenvalue weighted by atomic mass is 16.5. The summed E-state index contributed by atoms with van der Waals surface area (Å²) in [6.45, 7) is 15.8. The van der Waals surface area contributed by atoms with Gasteiger partial charge in [0.1, 0.15) is 11.4 Å². The predicted molar refractivity (Wildman–Crippen MR) is 92.6 cm³/mol. The Morgan fingerprint density at radius 1 is 0.652 bits per heavy atom. The summed E-state index contributed by atoms with van der Waals surface area (Å²) >= 11 is 0. The zero-order valence-corrected chi connectivity index (χ0v) is 15.9. The predicted octanol–water partition coefficient (Wildman–Crippen LogP) is 3.55. The van der Waals surface area contributed by atoms with Gasteiger partial charge in [-0.05, 0) is 80.0 Å². The molecule has 0 aliphatic heterocycles. The molecule has 0 radical (unpaired) electrons. The first-order valence-corrected chi connectivity index (χ1v) is 7.98. The van der Waals surface area contributed by atoms with Crippen LogP contribution >= 0.6 is 0 Å². The fourth-order valence-electron chi connectivity index (χ4n) is 2.31. The zero-order valence-electron chi connectivity index (χ0n) is 15.9. The van der Waals surface area contributed by atoms with Crippen LogP contribution in [0.2, 0.25) is 0 Å². The first-order valence-electron chi connectivity index (χ1n) is 7.98. The second-order valence-corrected chi connectivity index (χ2v) is 8.79. The molecule has 0 aliphatic carbocycles. The first-order chi connectivity index (χ1) is 9.93. The van der Waals surface area contributed by atoms with Crippen molar-refractivity contribution in [2.75, 3.05) is 0 Å². The molecular weight excluding hydrogens is 292 g/mol. The molecule has 0 saturated heterocycles. The number of hydrogen-bond donors (Lipinski definition) is 3. The molecule has 23 heavy (non-hydrogen) atoms. The smallest absolute Gasteiger partial charge is 0.132 e.